The number of ether oxygens (including phenoxy) is 3. The Morgan fingerprint density at radius 3 is 2.59 bits per heavy atom. The summed E-state index contributed by atoms with van der Waals surface area (Å²) in [7, 11) is 1.60. The van der Waals surface area contributed by atoms with E-state index in [0.717, 1.165) is 51.5 Å². The third-order valence-corrected chi connectivity index (χ3v) is 8.29. The lowest BCUT2D eigenvalue weighted by Crippen LogP contribution is -2.45. The lowest BCUT2D eigenvalue weighted by Gasteiger charge is -2.42. The highest BCUT2D eigenvalue weighted by Gasteiger charge is 2.38. The van der Waals surface area contributed by atoms with Gasteiger partial charge < -0.3 is 24.0 Å². The molecule has 0 bridgehead atoms. The molecule has 5 rings (SSSR count). The fourth-order valence-electron chi connectivity index (χ4n) is 6.00. The molecule has 0 radical (unpaired) electrons. The smallest absolute Gasteiger partial charge is 0.257 e. The number of fused-ring (bicyclic) bond motifs is 2. The molecule has 3 heterocycles. The van der Waals surface area contributed by atoms with Crippen LogP contribution in [-0.2, 0) is 4.74 Å². The van der Waals surface area contributed by atoms with Gasteiger partial charge in [-0.1, -0.05) is 30.7 Å². The Morgan fingerprint density at radius 1 is 0.973 bits per heavy atom. The molecule has 0 aromatic heterocycles. The molecule has 3 aliphatic rings. The van der Waals surface area contributed by atoms with Crippen molar-refractivity contribution in [2.45, 2.75) is 51.0 Å². The molecule has 3 aliphatic heterocycles. The molecule has 37 heavy (non-hydrogen) atoms. The minimum absolute atomic E-state index is 0.0126. The SMILES string of the molecule is COc1ccccc1C(=O)N1CCC2(CCCCOC[C@@H]3CCCN3C(=O)c3ccccc3OC2)CC1. The van der Waals surface area contributed by atoms with Crippen molar-refractivity contribution in [3.8, 4) is 11.5 Å². The lowest BCUT2D eigenvalue weighted by atomic mass is 9.75. The Morgan fingerprint density at radius 2 is 1.76 bits per heavy atom. The van der Waals surface area contributed by atoms with Gasteiger partial charge in [-0.15, -0.1) is 0 Å². The molecule has 2 aromatic carbocycles. The maximum atomic E-state index is 13.5. The summed E-state index contributed by atoms with van der Waals surface area (Å²) in [5.74, 6) is 1.31. The highest BCUT2D eigenvalue weighted by Crippen LogP contribution is 2.39. The average Bonchev–Trinajstić information content (AvgIpc) is 3.42. The largest absolute Gasteiger partial charge is 0.496 e. The molecule has 7 heteroatoms. The standard InChI is InChI=1S/C30H38N2O5/c1-35-26-12-4-2-10-24(26)28(33)31-18-15-30(16-19-31)14-6-7-20-36-21-23-9-8-17-32(23)29(34)25-11-3-5-13-27(25)37-22-30/h2-5,10-13,23H,6-9,14-22H2,1H3/t23-/m0/s1. The Bertz CT molecular complexity index is 1090. The van der Waals surface area contributed by atoms with Crippen molar-refractivity contribution in [3.63, 3.8) is 0 Å². The first-order valence-electron chi connectivity index (χ1n) is 13.6. The predicted molar refractivity (Wildman–Crippen MR) is 141 cm³/mol. The maximum absolute atomic E-state index is 13.5. The van der Waals surface area contributed by atoms with Crippen LogP contribution in [0, 0.1) is 5.41 Å². The summed E-state index contributed by atoms with van der Waals surface area (Å²) >= 11 is 0. The van der Waals surface area contributed by atoms with Crippen LogP contribution in [0.3, 0.4) is 0 Å². The Kier molecular flexibility index (Phi) is 7.99. The van der Waals surface area contributed by atoms with Crippen LogP contribution in [0.25, 0.3) is 0 Å². The quantitative estimate of drug-likeness (QED) is 0.585. The highest BCUT2D eigenvalue weighted by atomic mass is 16.5. The third kappa shape index (κ3) is 5.61. The van der Waals surface area contributed by atoms with Gasteiger partial charge in [0.25, 0.3) is 11.8 Å². The minimum Gasteiger partial charge on any atom is -0.496 e. The molecule has 0 aliphatic carbocycles. The molecule has 2 amide bonds. The molecule has 0 saturated carbocycles. The molecular formula is C30H38N2O5. The zero-order valence-corrected chi connectivity index (χ0v) is 21.8. The van der Waals surface area contributed by atoms with E-state index >= 15 is 0 Å². The van der Waals surface area contributed by atoms with Crippen LogP contribution in [0.4, 0.5) is 0 Å². The van der Waals surface area contributed by atoms with E-state index in [1.165, 1.54) is 0 Å². The van der Waals surface area contributed by atoms with Gasteiger partial charge in [0.05, 0.1) is 37.5 Å². The van der Waals surface area contributed by atoms with E-state index in [-0.39, 0.29) is 23.3 Å². The summed E-state index contributed by atoms with van der Waals surface area (Å²) in [4.78, 5) is 30.7. The van der Waals surface area contributed by atoms with E-state index in [2.05, 4.69) is 0 Å². The van der Waals surface area contributed by atoms with Gasteiger partial charge in [0.15, 0.2) is 0 Å². The first-order chi connectivity index (χ1) is 18.1. The minimum atomic E-state index is -0.0476. The van der Waals surface area contributed by atoms with E-state index in [9.17, 15) is 9.59 Å². The van der Waals surface area contributed by atoms with Gasteiger partial charge in [0, 0.05) is 31.7 Å². The van der Waals surface area contributed by atoms with Gasteiger partial charge in [-0.3, -0.25) is 9.59 Å². The zero-order chi connectivity index (χ0) is 25.7. The number of amides is 2. The number of methoxy groups -OCH3 is 1. The lowest BCUT2D eigenvalue weighted by molar-refractivity contribution is 0.0302. The number of likely N-dealkylation sites (tertiary alicyclic amines) is 1. The highest BCUT2D eigenvalue weighted by molar-refractivity contribution is 5.97. The van der Waals surface area contributed by atoms with Gasteiger partial charge >= 0.3 is 0 Å². The van der Waals surface area contributed by atoms with Crippen molar-refractivity contribution in [2.24, 2.45) is 5.41 Å². The summed E-state index contributed by atoms with van der Waals surface area (Å²) in [6.45, 7) is 3.96. The Labute approximate surface area is 219 Å². The van der Waals surface area contributed by atoms with E-state index in [1.807, 2.05) is 58.3 Å². The first-order valence-corrected chi connectivity index (χ1v) is 13.6. The van der Waals surface area contributed by atoms with Crippen molar-refractivity contribution in [2.75, 3.05) is 46.6 Å². The van der Waals surface area contributed by atoms with E-state index < -0.39 is 0 Å². The first kappa shape index (κ1) is 25.6. The van der Waals surface area contributed by atoms with Gasteiger partial charge in [0.2, 0.25) is 0 Å². The van der Waals surface area contributed by atoms with Gasteiger partial charge in [0.1, 0.15) is 11.5 Å². The number of carbonyl (C=O) groups excluding carboxylic acids is 2. The number of hydrogen-bond acceptors (Lipinski definition) is 5. The van der Waals surface area contributed by atoms with E-state index in [4.69, 9.17) is 14.2 Å². The monoisotopic (exact) mass is 506 g/mol. The van der Waals surface area contributed by atoms with Crippen LogP contribution in [0.2, 0.25) is 0 Å². The van der Waals surface area contributed by atoms with E-state index in [1.54, 1.807) is 7.11 Å². The number of nitrogens with zero attached hydrogens (tertiary/aromatic N) is 2. The summed E-state index contributed by atoms with van der Waals surface area (Å²) in [5, 5.41) is 0. The zero-order valence-electron chi connectivity index (χ0n) is 21.8. The number of hydrogen-bond donors (Lipinski definition) is 0. The van der Waals surface area contributed by atoms with Crippen molar-refractivity contribution >= 4 is 11.8 Å². The molecule has 1 spiro atoms. The normalized spacial score (nSPS) is 22.5. The molecule has 1 atom stereocenters. The fraction of sp³-hybridized carbons (Fsp3) is 0.533. The number of para-hydroxylation sites is 2. The van der Waals surface area contributed by atoms with Crippen LogP contribution in [-0.4, -0.2) is 74.2 Å². The molecular weight excluding hydrogens is 468 g/mol. The maximum Gasteiger partial charge on any atom is 0.257 e. The molecule has 7 nitrogen and oxygen atoms in total. The molecule has 198 valence electrons. The van der Waals surface area contributed by atoms with Crippen LogP contribution in [0.15, 0.2) is 48.5 Å². The average molecular weight is 507 g/mol. The van der Waals surface area contributed by atoms with Crippen molar-refractivity contribution in [1.82, 2.24) is 9.80 Å². The summed E-state index contributed by atoms with van der Waals surface area (Å²) in [5.41, 5.74) is 1.19. The fourth-order valence-corrected chi connectivity index (χ4v) is 6.00. The molecule has 2 saturated heterocycles. The number of benzene rings is 2. The van der Waals surface area contributed by atoms with Crippen LogP contribution >= 0.6 is 0 Å². The number of rotatable bonds is 2. The molecule has 2 fully saturated rings. The van der Waals surface area contributed by atoms with Gasteiger partial charge in [-0.2, -0.15) is 0 Å². The van der Waals surface area contributed by atoms with Gasteiger partial charge in [-0.25, -0.2) is 0 Å². The van der Waals surface area contributed by atoms with Crippen LogP contribution < -0.4 is 9.47 Å². The summed E-state index contributed by atoms with van der Waals surface area (Å²) in [6.07, 6.45) is 6.77. The second-order valence-electron chi connectivity index (χ2n) is 10.6. The molecule has 0 N–H and O–H groups in total. The third-order valence-electron chi connectivity index (χ3n) is 8.29. The number of piperidine rings is 1. The second-order valence-corrected chi connectivity index (χ2v) is 10.6. The Balaban J connectivity index is 1.32. The number of carbonyl (C=O) groups is 2. The summed E-state index contributed by atoms with van der Waals surface area (Å²) in [6, 6.07) is 15.2. The van der Waals surface area contributed by atoms with Crippen molar-refractivity contribution in [3.05, 3.63) is 59.7 Å². The second kappa shape index (κ2) is 11.5. The van der Waals surface area contributed by atoms with Gasteiger partial charge in [-0.05, 0) is 62.8 Å². The van der Waals surface area contributed by atoms with Crippen LogP contribution in [0.1, 0.15) is 65.7 Å². The van der Waals surface area contributed by atoms with Crippen molar-refractivity contribution < 1.29 is 23.8 Å². The topological polar surface area (TPSA) is 68.3 Å². The predicted octanol–water partition coefficient (Wildman–Crippen LogP) is 4.80. The van der Waals surface area contributed by atoms with Crippen molar-refractivity contribution in [1.29, 1.82) is 0 Å². The molecule has 2 aromatic rings. The Hall–Kier alpha value is -3.06. The summed E-state index contributed by atoms with van der Waals surface area (Å²) < 4.78 is 17.9. The molecule has 0 unspecified atom stereocenters. The van der Waals surface area contributed by atoms with E-state index in [0.29, 0.717) is 55.5 Å². The van der Waals surface area contributed by atoms with Crippen LogP contribution in [0.5, 0.6) is 11.5 Å².